The molecule has 3 rings (SSSR count). The van der Waals surface area contributed by atoms with Gasteiger partial charge in [0.05, 0.1) is 0 Å². The molecule has 0 unspecified atom stereocenters. The van der Waals surface area contributed by atoms with Crippen LogP contribution in [0.1, 0.15) is 58.2 Å². The summed E-state index contributed by atoms with van der Waals surface area (Å²) in [5.74, 6) is -0.961. The molecule has 0 bridgehead atoms. The van der Waals surface area contributed by atoms with Gasteiger partial charge in [0.25, 0.3) is 11.5 Å². The molecule has 0 saturated heterocycles. The minimum Gasteiger partial charge on any atom is -0.329 e. The van der Waals surface area contributed by atoms with Gasteiger partial charge in [-0.1, -0.05) is 25.1 Å². The monoisotopic (exact) mass is 395 g/mol. The second-order valence-corrected chi connectivity index (χ2v) is 7.27. The lowest BCUT2D eigenvalue weighted by molar-refractivity contribution is -0.116. The molecule has 152 valence electrons. The Morgan fingerprint density at radius 3 is 2.66 bits per heavy atom. The van der Waals surface area contributed by atoms with Gasteiger partial charge in [-0.3, -0.25) is 19.2 Å². The number of pyridine rings is 1. The Kier molecular flexibility index (Phi) is 6.26. The molecule has 2 amide bonds. The van der Waals surface area contributed by atoms with Gasteiger partial charge < -0.3 is 15.2 Å². The van der Waals surface area contributed by atoms with E-state index in [1.54, 1.807) is 6.07 Å². The van der Waals surface area contributed by atoms with Crippen molar-refractivity contribution in [2.45, 2.75) is 39.5 Å². The number of benzene rings is 1. The van der Waals surface area contributed by atoms with Crippen LogP contribution in [0, 0.1) is 6.92 Å². The molecule has 1 aromatic heterocycles. The predicted molar refractivity (Wildman–Crippen MR) is 110 cm³/mol. The van der Waals surface area contributed by atoms with Gasteiger partial charge in [-0.2, -0.15) is 0 Å². The van der Waals surface area contributed by atoms with Crippen LogP contribution in [0.25, 0.3) is 0 Å². The number of fused-ring (bicyclic) bond motifs is 1. The fourth-order valence-corrected chi connectivity index (χ4v) is 3.50. The molecule has 1 aliphatic rings. The van der Waals surface area contributed by atoms with Crippen LogP contribution in [0.2, 0.25) is 0 Å². The SMILES string of the molecule is CCCN(CC(=O)Nc1ccccc1C)C(=O)c1cc2c([nH]c1=O)CCCC2=O. The Balaban J connectivity index is 1.82. The molecule has 0 spiro atoms. The van der Waals surface area contributed by atoms with Gasteiger partial charge in [0.15, 0.2) is 5.78 Å². The molecule has 0 atom stereocenters. The molecule has 29 heavy (non-hydrogen) atoms. The number of hydrogen-bond donors (Lipinski definition) is 2. The maximum atomic E-state index is 13.0. The molecule has 0 aliphatic heterocycles. The molecule has 0 fully saturated rings. The van der Waals surface area contributed by atoms with Gasteiger partial charge in [-0.05, 0) is 43.9 Å². The average molecular weight is 395 g/mol. The molecule has 1 aliphatic carbocycles. The van der Waals surface area contributed by atoms with Crippen LogP contribution in [0.5, 0.6) is 0 Å². The number of amides is 2. The van der Waals surface area contributed by atoms with Gasteiger partial charge in [-0.25, -0.2) is 0 Å². The van der Waals surface area contributed by atoms with Gasteiger partial charge >= 0.3 is 0 Å². The number of nitrogens with one attached hydrogen (secondary N) is 2. The van der Waals surface area contributed by atoms with E-state index in [2.05, 4.69) is 10.3 Å². The van der Waals surface area contributed by atoms with E-state index < -0.39 is 11.5 Å². The summed E-state index contributed by atoms with van der Waals surface area (Å²) in [6, 6.07) is 8.76. The van der Waals surface area contributed by atoms with Crippen molar-refractivity contribution in [1.82, 2.24) is 9.88 Å². The summed E-state index contributed by atoms with van der Waals surface area (Å²) in [6.07, 6.45) is 2.34. The van der Waals surface area contributed by atoms with Crippen molar-refractivity contribution in [3.05, 3.63) is 63.1 Å². The van der Waals surface area contributed by atoms with Crippen molar-refractivity contribution in [2.24, 2.45) is 0 Å². The first-order valence-electron chi connectivity index (χ1n) is 9.85. The van der Waals surface area contributed by atoms with E-state index in [9.17, 15) is 19.2 Å². The zero-order chi connectivity index (χ0) is 21.0. The average Bonchev–Trinajstić information content (AvgIpc) is 2.69. The number of nitrogens with zero attached hydrogens (tertiary/aromatic N) is 1. The quantitative estimate of drug-likeness (QED) is 0.785. The fraction of sp³-hybridized carbons (Fsp3) is 0.364. The Labute approximate surface area is 169 Å². The van der Waals surface area contributed by atoms with E-state index in [0.717, 1.165) is 5.56 Å². The Morgan fingerprint density at radius 1 is 1.17 bits per heavy atom. The molecule has 1 heterocycles. The van der Waals surface area contributed by atoms with Gasteiger partial charge in [0, 0.05) is 29.9 Å². The summed E-state index contributed by atoms with van der Waals surface area (Å²) >= 11 is 0. The third-order valence-corrected chi connectivity index (χ3v) is 5.02. The van der Waals surface area contributed by atoms with Crippen LogP contribution < -0.4 is 10.9 Å². The smallest absolute Gasteiger partial charge is 0.261 e. The van der Waals surface area contributed by atoms with Crippen molar-refractivity contribution < 1.29 is 14.4 Å². The normalized spacial score (nSPS) is 13.0. The standard InChI is InChI=1S/C22H25N3O4/c1-3-11-25(13-20(27)23-17-8-5-4-7-14(17)2)22(29)16-12-15-18(24-21(16)28)9-6-10-19(15)26/h4-5,7-8,12H,3,6,9-11,13H2,1-2H3,(H,23,27)(H,24,28). The Morgan fingerprint density at radius 2 is 1.93 bits per heavy atom. The van der Waals surface area contributed by atoms with E-state index in [0.29, 0.717) is 49.2 Å². The predicted octanol–water partition coefficient (Wildman–Crippen LogP) is 2.69. The van der Waals surface area contributed by atoms with Crippen LogP contribution in [-0.2, 0) is 11.2 Å². The molecular weight excluding hydrogens is 370 g/mol. The first-order chi connectivity index (χ1) is 13.9. The van der Waals surface area contributed by atoms with E-state index >= 15 is 0 Å². The zero-order valence-corrected chi connectivity index (χ0v) is 16.7. The first kappa shape index (κ1) is 20.5. The minimum absolute atomic E-state index is 0.0733. The molecule has 1 aromatic carbocycles. The summed E-state index contributed by atoms with van der Waals surface area (Å²) in [7, 11) is 0. The number of anilines is 1. The van der Waals surface area contributed by atoms with Crippen LogP contribution in [0.15, 0.2) is 35.1 Å². The summed E-state index contributed by atoms with van der Waals surface area (Å²) < 4.78 is 0. The van der Waals surface area contributed by atoms with Gasteiger partial charge in [-0.15, -0.1) is 0 Å². The molecule has 0 saturated carbocycles. The van der Waals surface area contributed by atoms with Crippen molar-refractivity contribution in [3.63, 3.8) is 0 Å². The molecular formula is C22H25N3O4. The van der Waals surface area contributed by atoms with E-state index in [1.807, 2.05) is 32.0 Å². The third-order valence-electron chi connectivity index (χ3n) is 5.02. The molecule has 7 nitrogen and oxygen atoms in total. The fourth-order valence-electron chi connectivity index (χ4n) is 3.50. The van der Waals surface area contributed by atoms with Crippen molar-refractivity contribution in [2.75, 3.05) is 18.4 Å². The summed E-state index contributed by atoms with van der Waals surface area (Å²) in [4.78, 5) is 54.2. The number of para-hydroxylation sites is 1. The van der Waals surface area contributed by atoms with Gasteiger partial charge in [0.1, 0.15) is 12.1 Å². The highest BCUT2D eigenvalue weighted by Gasteiger charge is 2.25. The number of aromatic amines is 1. The van der Waals surface area contributed by atoms with Crippen LogP contribution >= 0.6 is 0 Å². The Hall–Kier alpha value is -3.22. The molecule has 2 N–H and O–H groups in total. The number of aryl methyl sites for hydroxylation is 2. The number of rotatable bonds is 6. The van der Waals surface area contributed by atoms with Crippen LogP contribution in [-0.4, -0.2) is 40.6 Å². The van der Waals surface area contributed by atoms with Crippen molar-refractivity contribution >= 4 is 23.3 Å². The lowest BCUT2D eigenvalue weighted by Gasteiger charge is -2.22. The maximum absolute atomic E-state index is 13.0. The zero-order valence-electron chi connectivity index (χ0n) is 16.7. The van der Waals surface area contributed by atoms with E-state index in [4.69, 9.17) is 0 Å². The Bertz CT molecular complexity index is 1010. The number of Topliss-reactive ketones (excluding diaryl/α,β-unsaturated/α-hetero) is 1. The minimum atomic E-state index is -0.547. The highest BCUT2D eigenvalue weighted by Crippen LogP contribution is 2.19. The second kappa shape index (κ2) is 8.86. The summed E-state index contributed by atoms with van der Waals surface area (Å²) in [5, 5.41) is 2.80. The van der Waals surface area contributed by atoms with Crippen molar-refractivity contribution in [3.8, 4) is 0 Å². The lowest BCUT2D eigenvalue weighted by atomic mass is 9.93. The number of carbonyl (C=O) groups is 3. The number of ketones is 1. The largest absolute Gasteiger partial charge is 0.329 e. The second-order valence-electron chi connectivity index (χ2n) is 7.27. The topological polar surface area (TPSA) is 99.3 Å². The van der Waals surface area contributed by atoms with Crippen molar-refractivity contribution in [1.29, 1.82) is 0 Å². The van der Waals surface area contributed by atoms with Crippen LogP contribution in [0.4, 0.5) is 5.69 Å². The number of hydrogen-bond acceptors (Lipinski definition) is 4. The lowest BCUT2D eigenvalue weighted by Crippen LogP contribution is -2.41. The highest BCUT2D eigenvalue weighted by atomic mass is 16.2. The van der Waals surface area contributed by atoms with Gasteiger partial charge in [0.2, 0.25) is 5.91 Å². The number of carbonyl (C=O) groups excluding carboxylic acids is 3. The molecule has 0 radical (unpaired) electrons. The highest BCUT2D eigenvalue weighted by molar-refractivity contribution is 6.03. The van der Waals surface area contributed by atoms with E-state index in [1.165, 1.54) is 11.0 Å². The molecule has 2 aromatic rings. The maximum Gasteiger partial charge on any atom is 0.261 e. The number of aromatic nitrogens is 1. The van der Waals surface area contributed by atoms with E-state index in [-0.39, 0.29) is 23.8 Å². The van der Waals surface area contributed by atoms with Crippen LogP contribution in [0.3, 0.4) is 0 Å². The summed E-state index contributed by atoms with van der Waals surface area (Å²) in [6.45, 7) is 3.92. The first-order valence-corrected chi connectivity index (χ1v) is 9.85. The summed E-state index contributed by atoms with van der Waals surface area (Å²) in [5.41, 5.74) is 1.96. The molecule has 7 heteroatoms. The third kappa shape index (κ3) is 4.62. The number of H-pyrrole nitrogens is 1.